The number of nitrogens with two attached hydrogens (primary N) is 1. The summed E-state index contributed by atoms with van der Waals surface area (Å²) in [4.78, 5) is 0. The molecule has 78 valence electrons. The first-order valence-electron chi connectivity index (χ1n) is 3.73. The first-order valence-corrected chi connectivity index (χ1v) is 3.73. The minimum atomic E-state index is -1.78. The van der Waals surface area contributed by atoms with Gasteiger partial charge in [-0.15, -0.1) is 0 Å². The van der Waals surface area contributed by atoms with Gasteiger partial charge in [0.05, 0.1) is 6.10 Å². The lowest BCUT2D eigenvalue weighted by atomic mass is 10.1. The fraction of sp³-hybridized carbons (Fsp3) is 0.250. The van der Waals surface area contributed by atoms with Crippen LogP contribution in [0.4, 0.5) is 13.2 Å². The zero-order chi connectivity index (χ0) is 10.9. The Bertz CT molecular complexity index is 357. The maximum absolute atomic E-state index is 12.7. The van der Waals surface area contributed by atoms with Crippen LogP contribution in [0.5, 0.6) is 5.75 Å². The molecule has 0 aliphatic heterocycles. The standard InChI is InChI=1S/C8H8F3NO2/c9-4-1-3(5(13)2-12)8(14)7(11)6(4)10/h1,5,13-14H,2,12H2. The van der Waals surface area contributed by atoms with Gasteiger partial charge in [0.25, 0.3) is 0 Å². The average molecular weight is 207 g/mol. The number of benzene rings is 1. The lowest BCUT2D eigenvalue weighted by molar-refractivity contribution is 0.180. The van der Waals surface area contributed by atoms with Gasteiger partial charge in [-0.3, -0.25) is 0 Å². The van der Waals surface area contributed by atoms with Gasteiger partial charge in [-0.2, -0.15) is 4.39 Å². The van der Waals surface area contributed by atoms with Gasteiger partial charge in [-0.1, -0.05) is 0 Å². The number of aromatic hydroxyl groups is 1. The van der Waals surface area contributed by atoms with Crippen molar-refractivity contribution in [1.29, 1.82) is 0 Å². The second-order valence-corrected chi connectivity index (χ2v) is 2.68. The third-order valence-electron chi connectivity index (χ3n) is 1.75. The average Bonchev–Trinajstić information content (AvgIpc) is 2.19. The molecular formula is C8H8F3NO2. The highest BCUT2D eigenvalue weighted by atomic mass is 19.2. The van der Waals surface area contributed by atoms with Gasteiger partial charge in [0.15, 0.2) is 17.4 Å². The highest BCUT2D eigenvalue weighted by molar-refractivity contribution is 5.36. The molecule has 0 bridgehead atoms. The van der Waals surface area contributed by atoms with E-state index in [2.05, 4.69) is 0 Å². The molecule has 4 N–H and O–H groups in total. The van der Waals surface area contributed by atoms with E-state index in [4.69, 9.17) is 15.9 Å². The molecule has 1 unspecified atom stereocenters. The number of rotatable bonds is 2. The quantitative estimate of drug-likeness (QED) is 0.628. The van der Waals surface area contributed by atoms with Gasteiger partial charge in [-0.25, -0.2) is 8.78 Å². The van der Waals surface area contributed by atoms with Crippen molar-refractivity contribution in [3.63, 3.8) is 0 Å². The molecule has 0 radical (unpaired) electrons. The normalized spacial score (nSPS) is 12.9. The molecule has 0 saturated carbocycles. The fourth-order valence-electron chi connectivity index (χ4n) is 0.985. The van der Waals surface area contributed by atoms with Crippen molar-refractivity contribution in [3.8, 4) is 5.75 Å². The van der Waals surface area contributed by atoms with E-state index >= 15 is 0 Å². The Morgan fingerprint density at radius 3 is 2.36 bits per heavy atom. The predicted octanol–water partition coefficient (Wildman–Crippen LogP) is 0.802. The summed E-state index contributed by atoms with van der Waals surface area (Å²) in [6.07, 6.45) is -1.43. The summed E-state index contributed by atoms with van der Waals surface area (Å²) in [7, 11) is 0. The molecule has 1 aromatic rings. The molecule has 0 amide bonds. The van der Waals surface area contributed by atoms with Gasteiger partial charge in [-0.05, 0) is 6.07 Å². The third kappa shape index (κ3) is 1.66. The van der Waals surface area contributed by atoms with Crippen molar-refractivity contribution in [3.05, 3.63) is 29.1 Å². The van der Waals surface area contributed by atoms with E-state index in [1.165, 1.54) is 0 Å². The Morgan fingerprint density at radius 2 is 1.86 bits per heavy atom. The van der Waals surface area contributed by atoms with Crippen LogP contribution in [0.15, 0.2) is 6.07 Å². The van der Waals surface area contributed by atoms with Gasteiger partial charge >= 0.3 is 0 Å². The van der Waals surface area contributed by atoms with Crippen molar-refractivity contribution in [2.45, 2.75) is 6.10 Å². The molecule has 0 fully saturated rings. The van der Waals surface area contributed by atoms with Crippen LogP contribution in [0.2, 0.25) is 0 Å². The second kappa shape index (κ2) is 3.85. The minimum absolute atomic E-state index is 0.335. The summed E-state index contributed by atoms with van der Waals surface area (Å²) >= 11 is 0. The summed E-state index contributed by atoms with van der Waals surface area (Å²) in [6, 6.07) is 0.505. The monoisotopic (exact) mass is 207 g/mol. The molecule has 1 rings (SSSR count). The third-order valence-corrected chi connectivity index (χ3v) is 1.75. The van der Waals surface area contributed by atoms with Crippen LogP contribution in [-0.4, -0.2) is 16.8 Å². The van der Waals surface area contributed by atoms with Crippen molar-refractivity contribution >= 4 is 0 Å². The first-order chi connectivity index (χ1) is 6.49. The molecule has 1 aromatic carbocycles. The zero-order valence-corrected chi connectivity index (χ0v) is 6.97. The highest BCUT2D eigenvalue weighted by Gasteiger charge is 2.21. The summed E-state index contributed by atoms with van der Waals surface area (Å²) in [6.45, 7) is -0.335. The van der Waals surface area contributed by atoms with E-state index in [0.717, 1.165) is 0 Å². The number of aliphatic hydroxyl groups excluding tert-OH is 1. The molecule has 0 aliphatic rings. The Kier molecular flexibility index (Phi) is 2.97. The number of hydrogen-bond donors (Lipinski definition) is 3. The van der Waals surface area contributed by atoms with E-state index < -0.39 is 34.9 Å². The number of hydrogen-bond acceptors (Lipinski definition) is 3. The maximum Gasteiger partial charge on any atom is 0.203 e. The molecule has 0 saturated heterocycles. The van der Waals surface area contributed by atoms with E-state index in [9.17, 15) is 13.2 Å². The molecule has 14 heavy (non-hydrogen) atoms. The van der Waals surface area contributed by atoms with Crippen LogP contribution in [0.3, 0.4) is 0 Å². The Hall–Kier alpha value is -1.27. The molecule has 0 aliphatic carbocycles. The molecule has 6 heteroatoms. The highest BCUT2D eigenvalue weighted by Crippen LogP contribution is 2.29. The van der Waals surface area contributed by atoms with E-state index in [-0.39, 0.29) is 6.54 Å². The molecule has 0 heterocycles. The summed E-state index contributed by atoms with van der Waals surface area (Å²) in [5, 5.41) is 18.1. The van der Waals surface area contributed by atoms with Crippen LogP contribution in [0, 0.1) is 17.5 Å². The topological polar surface area (TPSA) is 66.5 Å². The van der Waals surface area contributed by atoms with Crippen molar-refractivity contribution in [1.82, 2.24) is 0 Å². The second-order valence-electron chi connectivity index (χ2n) is 2.68. The van der Waals surface area contributed by atoms with Crippen molar-refractivity contribution in [2.75, 3.05) is 6.54 Å². The summed E-state index contributed by atoms with van der Waals surface area (Å²) in [5.74, 6) is -6.12. The van der Waals surface area contributed by atoms with Crippen LogP contribution >= 0.6 is 0 Å². The smallest absolute Gasteiger partial charge is 0.203 e. The number of aliphatic hydroxyl groups is 1. The summed E-state index contributed by atoms with van der Waals surface area (Å²) in [5.41, 5.74) is 4.54. The first kappa shape index (κ1) is 10.8. The van der Waals surface area contributed by atoms with Gasteiger partial charge in [0, 0.05) is 12.1 Å². The van der Waals surface area contributed by atoms with Crippen LogP contribution in [-0.2, 0) is 0 Å². The molecule has 3 nitrogen and oxygen atoms in total. The number of phenols is 1. The number of halogens is 3. The summed E-state index contributed by atoms with van der Waals surface area (Å²) < 4.78 is 37.9. The minimum Gasteiger partial charge on any atom is -0.504 e. The van der Waals surface area contributed by atoms with Gasteiger partial charge in [0.2, 0.25) is 5.82 Å². The van der Waals surface area contributed by atoms with Crippen molar-refractivity contribution in [2.24, 2.45) is 5.73 Å². The lowest BCUT2D eigenvalue weighted by Gasteiger charge is -2.11. The van der Waals surface area contributed by atoms with E-state index in [0.29, 0.717) is 6.07 Å². The fourth-order valence-corrected chi connectivity index (χ4v) is 0.985. The lowest BCUT2D eigenvalue weighted by Crippen LogP contribution is -2.13. The Morgan fingerprint density at radius 1 is 1.29 bits per heavy atom. The van der Waals surface area contributed by atoms with Crippen molar-refractivity contribution < 1.29 is 23.4 Å². The Labute approximate surface area is 77.6 Å². The van der Waals surface area contributed by atoms with Crippen LogP contribution in [0.1, 0.15) is 11.7 Å². The zero-order valence-electron chi connectivity index (χ0n) is 6.97. The largest absolute Gasteiger partial charge is 0.504 e. The molecule has 0 aromatic heterocycles. The Balaban J connectivity index is 3.33. The predicted molar refractivity (Wildman–Crippen MR) is 42.0 cm³/mol. The number of phenolic OH excluding ortho intramolecular Hbond substituents is 1. The van der Waals surface area contributed by atoms with Crippen LogP contribution < -0.4 is 5.73 Å². The molecule has 1 atom stereocenters. The van der Waals surface area contributed by atoms with E-state index in [1.807, 2.05) is 0 Å². The van der Waals surface area contributed by atoms with Crippen LogP contribution in [0.25, 0.3) is 0 Å². The van der Waals surface area contributed by atoms with Gasteiger partial charge < -0.3 is 15.9 Å². The van der Waals surface area contributed by atoms with E-state index in [1.54, 1.807) is 0 Å². The van der Waals surface area contributed by atoms with Gasteiger partial charge in [0.1, 0.15) is 0 Å². The molecular weight excluding hydrogens is 199 g/mol. The molecule has 0 spiro atoms. The SMILES string of the molecule is NCC(O)c1cc(F)c(F)c(F)c1O. The maximum atomic E-state index is 12.7.